The Labute approximate surface area is 171 Å². The summed E-state index contributed by atoms with van der Waals surface area (Å²) in [6.45, 7) is 7.54. The van der Waals surface area contributed by atoms with Crippen molar-refractivity contribution in [3.8, 4) is 5.88 Å². The molecular weight excluding hydrogens is 370 g/mol. The van der Waals surface area contributed by atoms with Crippen LogP contribution in [0.25, 0.3) is 0 Å². The molecule has 0 unspecified atom stereocenters. The molecule has 2 aromatic rings. The molecule has 3 heterocycles. The van der Waals surface area contributed by atoms with E-state index < -0.39 is 0 Å². The van der Waals surface area contributed by atoms with Crippen molar-refractivity contribution in [1.29, 1.82) is 0 Å². The zero-order valence-corrected chi connectivity index (χ0v) is 17.3. The standard InChI is InChI=1S/C20H29N7O2/c1-4-10-29-18-7-6-16(11-22-18)12-23-20(21-5-2)26-8-9-27(19(28)15-26)17-13-24-25(3)14-17/h6-7,11,13-14H,4-5,8-10,12,15H2,1-3H3,(H,21,23). The van der Waals surface area contributed by atoms with Gasteiger partial charge in [0.15, 0.2) is 5.96 Å². The number of pyridine rings is 1. The molecule has 3 rings (SSSR count). The summed E-state index contributed by atoms with van der Waals surface area (Å²) in [5, 5.41) is 7.44. The van der Waals surface area contributed by atoms with Crippen LogP contribution in [0.3, 0.4) is 0 Å². The fraction of sp³-hybridized carbons (Fsp3) is 0.500. The van der Waals surface area contributed by atoms with Crippen molar-refractivity contribution in [2.75, 3.05) is 37.7 Å². The van der Waals surface area contributed by atoms with Gasteiger partial charge in [0.25, 0.3) is 0 Å². The molecule has 0 atom stereocenters. The number of carbonyl (C=O) groups is 1. The first-order valence-electron chi connectivity index (χ1n) is 10.0. The summed E-state index contributed by atoms with van der Waals surface area (Å²) in [6.07, 6.45) is 6.30. The number of nitrogens with one attached hydrogen (secondary N) is 1. The van der Waals surface area contributed by atoms with Crippen LogP contribution in [0.2, 0.25) is 0 Å². The van der Waals surface area contributed by atoms with E-state index in [2.05, 4.69) is 22.3 Å². The maximum absolute atomic E-state index is 12.7. The first-order valence-corrected chi connectivity index (χ1v) is 10.0. The Morgan fingerprint density at radius 3 is 2.76 bits per heavy atom. The van der Waals surface area contributed by atoms with E-state index in [9.17, 15) is 4.79 Å². The van der Waals surface area contributed by atoms with Crippen LogP contribution < -0.4 is 15.0 Å². The highest BCUT2D eigenvalue weighted by atomic mass is 16.5. The summed E-state index contributed by atoms with van der Waals surface area (Å²) in [7, 11) is 1.84. The topological polar surface area (TPSA) is 87.9 Å². The maximum Gasteiger partial charge on any atom is 0.246 e. The lowest BCUT2D eigenvalue weighted by atomic mass is 10.3. The molecule has 156 valence electrons. The lowest BCUT2D eigenvalue weighted by molar-refractivity contribution is -0.120. The number of aliphatic imine (C=N–C) groups is 1. The van der Waals surface area contributed by atoms with Gasteiger partial charge in [-0.1, -0.05) is 13.0 Å². The molecule has 1 fully saturated rings. The van der Waals surface area contributed by atoms with Crippen molar-refractivity contribution < 1.29 is 9.53 Å². The van der Waals surface area contributed by atoms with Crippen LogP contribution in [0.1, 0.15) is 25.8 Å². The molecular formula is C20H29N7O2. The Kier molecular flexibility index (Phi) is 7.04. The lowest BCUT2D eigenvalue weighted by Crippen LogP contribution is -2.55. The summed E-state index contributed by atoms with van der Waals surface area (Å²) in [4.78, 5) is 25.4. The number of rotatable bonds is 7. The SMILES string of the molecule is CCCOc1ccc(CN=C(NCC)N2CCN(c3cnn(C)c3)C(=O)C2)cn1. The highest BCUT2D eigenvalue weighted by Crippen LogP contribution is 2.16. The summed E-state index contributed by atoms with van der Waals surface area (Å²) in [5.41, 5.74) is 1.82. The van der Waals surface area contributed by atoms with Gasteiger partial charge in [0.1, 0.15) is 6.54 Å². The normalized spacial score (nSPS) is 15.0. The summed E-state index contributed by atoms with van der Waals surface area (Å²) in [6, 6.07) is 3.83. The largest absolute Gasteiger partial charge is 0.478 e. The third kappa shape index (κ3) is 5.46. The molecule has 1 aliphatic heterocycles. The highest BCUT2D eigenvalue weighted by molar-refractivity contribution is 5.98. The van der Waals surface area contributed by atoms with Gasteiger partial charge in [-0.15, -0.1) is 0 Å². The third-order valence-corrected chi connectivity index (χ3v) is 4.52. The van der Waals surface area contributed by atoms with Crippen LogP contribution in [-0.4, -0.2) is 64.3 Å². The number of piperazine rings is 1. The number of aryl methyl sites for hydroxylation is 1. The van der Waals surface area contributed by atoms with Gasteiger partial charge < -0.3 is 19.9 Å². The molecule has 0 saturated carbocycles. The number of hydrogen-bond donors (Lipinski definition) is 1. The predicted molar refractivity (Wildman–Crippen MR) is 112 cm³/mol. The second kappa shape index (κ2) is 9.90. The number of anilines is 1. The van der Waals surface area contributed by atoms with E-state index in [1.54, 1.807) is 22.0 Å². The Morgan fingerprint density at radius 2 is 2.14 bits per heavy atom. The third-order valence-electron chi connectivity index (χ3n) is 4.52. The minimum absolute atomic E-state index is 0.0361. The Hall–Kier alpha value is -3.10. The maximum atomic E-state index is 12.7. The fourth-order valence-electron chi connectivity index (χ4n) is 3.06. The van der Waals surface area contributed by atoms with Crippen molar-refractivity contribution in [2.24, 2.45) is 12.0 Å². The van der Waals surface area contributed by atoms with Gasteiger partial charge in [0, 0.05) is 45.1 Å². The van der Waals surface area contributed by atoms with Gasteiger partial charge in [-0.05, 0) is 18.9 Å². The van der Waals surface area contributed by atoms with E-state index in [-0.39, 0.29) is 12.5 Å². The van der Waals surface area contributed by atoms with E-state index in [4.69, 9.17) is 9.73 Å². The molecule has 1 aliphatic rings. The van der Waals surface area contributed by atoms with Gasteiger partial charge >= 0.3 is 0 Å². The Morgan fingerprint density at radius 1 is 1.28 bits per heavy atom. The quantitative estimate of drug-likeness (QED) is 0.560. The Balaban J connectivity index is 1.62. The van der Waals surface area contributed by atoms with E-state index in [1.165, 1.54) is 0 Å². The number of hydrogen-bond acceptors (Lipinski definition) is 5. The van der Waals surface area contributed by atoms with Gasteiger partial charge in [-0.3, -0.25) is 9.48 Å². The summed E-state index contributed by atoms with van der Waals surface area (Å²) >= 11 is 0. The van der Waals surface area contributed by atoms with Gasteiger partial charge in [0.2, 0.25) is 11.8 Å². The monoisotopic (exact) mass is 399 g/mol. The average molecular weight is 399 g/mol. The number of carbonyl (C=O) groups excluding carboxylic acids is 1. The van der Waals surface area contributed by atoms with Crippen LogP contribution in [0, 0.1) is 0 Å². The molecule has 9 nitrogen and oxygen atoms in total. The number of amides is 1. The number of ether oxygens (including phenoxy) is 1. The smallest absolute Gasteiger partial charge is 0.246 e. The highest BCUT2D eigenvalue weighted by Gasteiger charge is 2.27. The van der Waals surface area contributed by atoms with E-state index in [0.717, 1.165) is 30.2 Å². The van der Waals surface area contributed by atoms with Crippen LogP contribution in [0.15, 0.2) is 35.7 Å². The zero-order valence-electron chi connectivity index (χ0n) is 17.3. The fourth-order valence-corrected chi connectivity index (χ4v) is 3.06. The molecule has 9 heteroatoms. The molecule has 1 saturated heterocycles. The van der Waals surface area contributed by atoms with Crippen LogP contribution in [-0.2, 0) is 18.4 Å². The van der Waals surface area contributed by atoms with E-state index in [0.29, 0.717) is 32.1 Å². The minimum atomic E-state index is 0.0361. The van der Waals surface area contributed by atoms with Gasteiger partial charge in [-0.25, -0.2) is 9.98 Å². The summed E-state index contributed by atoms with van der Waals surface area (Å²) in [5.74, 6) is 1.40. The first-order chi connectivity index (χ1) is 14.1. The second-order valence-electron chi connectivity index (χ2n) is 6.86. The van der Waals surface area contributed by atoms with E-state index in [1.807, 2.05) is 37.2 Å². The van der Waals surface area contributed by atoms with Gasteiger partial charge in [-0.2, -0.15) is 5.10 Å². The average Bonchev–Trinajstić information content (AvgIpc) is 3.16. The Bertz CT molecular complexity index is 832. The molecule has 2 aromatic heterocycles. The van der Waals surface area contributed by atoms with Crippen molar-refractivity contribution in [1.82, 2.24) is 25.0 Å². The van der Waals surface area contributed by atoms with Crippen molar-refractivity contribution in [2.45, 2.75) is 26.8 Å². The van der Waals surface area contributed by atoms with Crippen LogP contribution >= 0.6 is 0 Å². The molecule has 1 N–H and O–H groups in total. The van der Waals surface area contributed by atoms with Crippen molar-refractivity contribution >= 4 is 17.6 Å². The molecule has 0 spiro atoms. The molecule has 0 bridgehead atoms. The van der Waals surface area contributed by atoms with E-state index >= 15 is 0 Å². The van der Waals surface area contributed by atoms with Crippen molar-refractivity contribution in [3.05, 3.63) is 36.3 Å². The van der Waals surface area contributed by atoms with Crippen LogP contribution in [0.4, 0.5) is 5.69 Å². The number of aromatic nitrogens is 3. The molecule has 29 heavy (non-hydrogen) atoms. The predicted octanol–water partition coefficient (Wildman–Crippen LogP) is 1.42. The minimum Gasteiger partial charge on any atom is -0.478 e. The number of nitrogens with zero attached hydrogens (tertiary/aromatic N) is 6. The van der Waals surface area contributed by atoms with Gasteiger partial charge in [0.05, 0.1) is 25.0 Å². The van der Waals surface area contributed by atoms with Crippen molar-refractivity contribution in [3.63, 3.8) is 0 Å². The van der Waals surface area contributed by atoms with Crippen LogP contribution in [0.5, 0.6) is 5.88 Å². The zero-order chi connectivity index (χ0) is 20.6. The lowest BCUT2D eigenvalue weighted by Gasteiger charge is -2.35. The molecule has 0 radical (unpaired) electrons. The molecule has 1 amide bonds. The molecule has 0 aliphatic carbocycles. The summed E-state index contributed by atoms with van der Waals surface area (Å²) < 4.78 is 7.22. The first kappa shape index (κ1) is 20.6. The number of guanidine groups is 1. The molecule has 0 aromatic carbocycles. The second-order valence-corrected chi connectivity index (χ2v) is 6.86.